The van der Waals surface area contributed by atoms with E-state index in [1.165, 1.54) is 18.6 Å². The summed E-state index contributed by atoms with van der Waals surface area (Å²) < 4.78 is 13.4. The quantitative estimate of drug-likeness (QED) is 0.787. The molecule has 2 rings (SSSR count). The summed E-state index contributed by atoms with van der Waals surface area (Å²) in [6.45, 7) is 4.56. The Kier molecular flexibility index (Phi) is 4.00. The van der Waals surface area contributed by atoms with Crippen molar-refractivity contribution in [2.45, 2.75) is 39.2 Å². The van der Waals surface area contributed by atoms with Gasteiger partial charge in [0.2, 0.25) is 0 Å². The van der Waals surface area contributed by atoms with E-state index in [0.717, 1.165) is 18.8 Å². The summed E-state index contributed by atoms with van der Waals surface area (Å²) in [5, 5.41) is 3.42. The van der Waals surface area contributed by atoms with Gasteiger partial charge in [0.25, 0.3) is 0 Å². The van der Waals surface area contributed by atoms with Crippen LogP contribution < -0.4 is 11.1 Å². The van der Waals surface area contributed by atoms with Gasteiger partial charge in [-0.25, -0.2) is 4.39 Å². The number of nitrogen functional groups attached to an aromatic ring is 1. The standard InChI is InChI=1S/C14H20ClFN2/c1-8-3-4-10(5-9(8)2)18-14-7-12(16)11(15)6-13(14)17/h6-10,18H,3-5,17H2,1-2H3. The lowest BCUT2D eigenvalue weighted by atomic mass is 9.79. The summed E-state index contributed by atoms with van der Waals surface area (Å²) in [6.07, 6.45) is 3.41. The van der Waals surface area contributed by atoms with Crippen molar-refractivity contribution in [3.8, 4) is 0 Å². The number of hydrogen-bond acceptors (Lipinski definition) is 2. The van der Waals surface area contributed by atoms with Crippen LogP contribution in [0.5, 0.6) is 0 Å². The minimum atomic E-state index is -0.425. The Labute approximate surface area is 113 Å². The molecule has 1 aromatic carbocycles. The van der Waals surface area contributed by atoms with Crippen molar-refractivity contribution < 1.29 is 4.39 Å². The highest BCUT2D eigenvalue weighted by molar-refractivity contribution is 6.31. The molecule has 1 aliphatic carbocycles. The highest BCUT2D eigenvalue weighted by atomic mass is 35.5. The molecular formula is C14H20ClFN2. The summed E-state index contributed by atoms with van der Waals surface area (Å²) >= 11 is 5.69. The topological polar surface area (TPSA) is 38.0 Å². The van der Waals surface area contributed by atoms with Crippen molar-refractivity contribution in [3.63, 3.8) is 0 Å². The van der Waals surface area contributed by atoms with E-state index in [1.54, 1.807) is 0 Å². The number of anilines is 2. The Bertz CT molecular complexity index is 436. The molecule has 1 aliphatic rings. The molecule has 1 saturated carbocycles. The van der Waals surface area contributed by atoms with Crippen molar-refractivity contribution >= 4 is 23.0 Å². The van der Waals surface area contributed by atoms with Crippen molar-refractivity contribution in [2.75, 3.05) is 11.1 Å². The Hall–Kier alpha value is -0.960. The first-order valence-electron chi connectivity index (χ1n) is 6.48. The van der Waals surface area contributed by atoms with E-state index in [0.29, 0.717) is 23.3 Å². The SMILES string of the molecule is CC1CCC(Nc2cc(F)c(Cl)cc2N)CC1C. The number of halogens is 2. The van der Waals surface area contributed by atoms with Crippen LogP contribution in [-0.2, 0) is 0 Å². The number of nitrogens with one attached hydrogen (secondary N) is 1. The summed E-state index contributed by atoms with van der Waals surface area (Å²) in [7, 11) is 0. The summed E-state index contributed by atoms with van der Waals surface area (Å²) in [5.74, 6) is 1.03. The molecule has 0 aliphatic heterocycles. The molecule has 1 aromatic rings. The van der Waals surface area contributed by atoms with Crippen LogP contribution in [0.1, 0.15) is 33.1 Å². The number of rotatable bonds is 2. The molecule has 18 heavy (non-hydrogen) atoms. The Morgan fingerprint density at radius 3 is 2.67 bits per heavy atom. The second-order valence-electron chi connectivity index (χ2n) is 5.46. The number of benzene rings is 1. The van der Waals surface area contributed by atoms with Gasteiger partial charge in [-0.15, -0.1) is 0 Å². The molecule has 0 aromatic heterocycles. The summed E-state index contributed by atoms with van der Waals surface area (Å²) in [5.41, 5.74) is 7.02. The van der Waals surface area contributed by atoms with Gasteiger partial charge in [-0.3, -0.25) is 0 Å². The maximum absolute atomic E-state index is 13.4. The lowest BCUT2D eigenvalue weighted by Gasteiger charge is -2.33. The predicted molar refractivity (Wildman–Crippen MR) is 75.4 cm³/mol. The molecule has 0 heterocycles. The molecule has 0 amide bonds. The second-order valence-corrected chi connectivity index (χ2v) is 5.87. The van der Waals surface area contributed by atoms with Crippen LogP contribution in [0.25, 0.3) is 0 Å². The first-order chi connectivity index (χ1) is 8.47. The van der Waals surface area contributed by atoms with Gasteiger partial charge in [-0.1, -0.05) is 25.4 Å². The van der Waals surface area contributed by atoms with Crippen LogP contribution >= 0.6 is 11.6 Å². The molecule has 0 radical (unpaired) electrons. The first-order valence-corrected chi connectivity index (χ1v) is 6.86. The van der Waals surface area contributed by atoms with E-state index in [2.05, 4.69) is 19.2 Å². The molecule has 0 bridgehead atoms. The third-order valence-corrected chi connectivity index (χ3v) is 4.34. The van der Waals surface area contributed by atoms with Crippen LogP contribution in [0, 0.1) is 17.7 Å². The van der Waals surface area contributed by atoms with E-state index < -0.39 is 5.82 Å². The fraction of sp³-hybridized carbons (Fsp3) is 0.571. The molecule has 1 fully saturated rings. The van der Waals surface area contributed by atoms with Gasteiger partial charge in [0, 0.05) is 12.1 Å². The maximum atomic E-state index is 13.4. The van der Waals surface area contributed by atoms with Crippen molar-refractivity contribution in [1.82, 2.24) is 0 Å². The zero-order valence-corrected chi connectivity index (χ0v) is 11.6. The van der Waals surface area contributed by atoms with Gasteiger partial charge < -0.3 is 11.1 Å². The molecule has 2 nitrogen and oxygen atoms in total. The lowest BCUT2D eigenvalue weighted by molar-refractivity contribution is 0.261. The van der Waals surface area contributed by atoms with Crippen LogP contribution in [-0.4, -0.2) is 6.04 Å². The smallest absolute Gasteiger partial charge is 0.143 e. The van der Waals surface area contributed by atoms with Gasteiger partial charge in [-0.2, -0.15) is 0 Å². The zero-order valence-electron chi connectivity index (χ0n) is 10.8. The molecule has 3 unspecified atom stereocenters. The second kappa shape index (κ2) is 5.35. The van der Waals surface area contributed by atoms with Crippen LogP contribution in [0.4, 0.5) is 15.8 Å². The fourth-order valence-corrected chi connectivity index (χ4v) is 2.76. The minimum Gasteiger partial charge on any atom is -0.397 e. The highest BCUT2D eigenvalue weighted by Gasteiger charge is 2.24. The van der Waals surface area contributed by atoms with E-state index in [9.17, 15) is 4.39 Å². The van der Waals surface area contributed by atoms with Crippen molar-refractivity contribution in [1.29, 1.82) is 0 Å². The highest BCUT2D eigenvalue weighted by Crippen LogP contribution is 2.33. The molecule has 4 heteroatoms. The Balaban J connectivity index is 2.08. The Morgan fingerprint density at radius 1 is 1.28 bits per heavy atom. The van der Waals surface area contributed by atoms with Crippen molar-refractivity contribution in [3.05, 3.63) is 23.0 Å². The predicted octanol–water partition coefficient (Wildman–Crippen LogP) is 4.30. The van der Waals surface area contributed by atoms with Gasteiger partial charge in [0.15, 0.2) is 0 Å². The fourth-order valence-electron chi connectivity index (χ4n) is 2.59. The summed E-state index contributed by atoms with van der Waals surface area (Å²) in [6, 6.07) is 3.23. The molecular weight excluding hydrogens is 251 g/mol. The van der Waals surface area contributed by atoms with Crippen LogP contribution in [0.15, 0.2) is 12.1 Å². The molecule has 0 spiro atoms. The van der Waals surface area contributed by atoms with Crippen molar-refractivity contribution in [2.24, 2.45) is 11.8 Å². The first kappa shape index (κ1) is 13.5. The van der Waals surface area contributed by atoms with E-state index in [1.807, 2.05) is 0 Å². The normalized spacial score (nSPS) is 28.1. The van der Waals surface area contributed by atoms with Gasteiger partial charge >= 0.3 is 0 Å². The number of hydrogen-bond donors (Lipinski definition) is 2. The van der Waals surface area contributed by atoms with Crippen LogP contribution in [0.2, 0.25) is 5.02 Å². The maximum Gasteiger partial charge on any atom is 0.143 e. The van der Waals surface area contributed by atoms with E-state index >= 15 is 0 Å². The third-order valence-electron chi connectivity index (χ3n) is 4.05. The molecule has 3 N–H and O–H groups in total. The molecule has 0 saturated heterocycles. The minimum absolute atomic E-state index is 0.0729. The average molecular weight is 271 g/mol. The summed E-state index contributed by atoms with van der Waals surface area (Å²) in [4.78, 5) is 0. The lowest BCUT2D eigenvalue weighted by Crippen LogP contribution is -2.30. The molecule has 100 valence electrons. The monoisotopic (exact) mass is 270 g/mol. The largest absolute Gasteiger partial charge is 0.397 e. The van der Waals surface area contributed by atoms with E-state index in [-0.39, 0.29) is 5.02 Å². The Morgan fingerprint density at radius 2 is 2.00 bits per heavy atom. The van der Waals surface area contributed by atoms with Crippen LogP contribution in [0.3, 0.4) is 0 Å². The zero-order chi connectivity index (χ0) is 13.3. The molecule has 3 atom stereocenters. The average Bonchev–Trinajstić information content (AvgIpc) is 2.31. The number of nitrogens with two attached hydrogens (primary N) is 1. The van der Waals surface area contributed by atoms with Gasteiger partial charge in [0.1, 0.15) is 5.82 Å². The van der Waals surface area contributed by atoms with E-state index in [4.69, 9.17) is 17.3 Å². The third kappa shape index (κ3) is 2.89. The van der Waals surface area contributed by atoms with Gasteiger partial charge in [-0.05, 0) is 37.2 Å². The van der Waals surface area contributed by atoms with Gasteiger partial charge in [0.05, 0.1) is 16.4 Å².